The van der Waals surface area contributed by atoms with Crippen LogP contribution in [0, 0.1) is 0 Å². The highest BCUT2D eigenvalue weighted by atomic mass is 32.1. The van der Waals surface area contributed by atoms with Crippen molar-refractivity contribution in [3.8, 4) is 5.75 Å². The van der Waals surface area contributed by atoms with Crippen LogP contribution in [0.25, 0.3) is 6.08 Å². The summed E-state index contributed by atoms with van der Waals surface area (Å²) in [5.74, 6) is -1.20. The van der Waals surface area contributed by atoms with Gasteiger partial charge in [-0.2, -0.15) is 0 Å². The summed E-state index contributed by atoms with van der Waals surface area (Å²) in [7, 11) is 0. The van der Waals surface area contributed by atoms with Crippen LogP contribution < -0.4 is 19.6 Å². The Bertz CT molecular complexity index is 1450. The Morgan fingerprint density at radius 3 is 2.65 bits per heavy atom. The normalized spacial score (nSPS) is 15.5. The van der Waals surface area contributed by atoms with E-state index in [1.165, 1.54) is 15.9 Å². The number of allylic oxidation sites excluding steroid dienone is 1. The summed E-state index contributed by atoms with van der Waals surface area (Å²) in [6, 6.07) is 15.4. The number of carbonyl (C=O) groups excluding carboxylic acids is 1. The fourth-order valence-electron chi connectivity index (χ4n) is 3.73. The molecular weight excluding hydrogens is 456 g/mol. The molecule has 3 aromatic rings. The van der Waals surface area contributed by atoms with Crippen LogP contribution in [0.15, 0.2) is 75.7 Å². The van der Waals surface area contributed by atoms with Crippen LogP contribution in [-0.4, -0.2) is 34.8 Å². The molecule has 8 nitrogen and oxygen atoms in total. The molecule has 2 aromatic carbocycles. The molecule has 0 amide bonds. The van der Waals surface area contributed by atoms with E-state index in [0.29, 0.717) is 31.9 Å². The monoisotopic (exact) mass is 478 g/mol. The molecule has 1 aliphatic heterocycles. The number of nitrogens with zero attached hydrogens (tertiary/aromatic N) is 2. The van der Waals surface area contributed by atoms with Crippen molar-refractivity contribution in [1.29, 1.82) is 0 Å². The second-order valence-corrected chi connectivity index (χ2v) is 8.48. The highest BCUT2D eigenvalue weighted by Gasteiger charge is 2.33. The minimum absolute atomic E-state index is 0.210. The minimum atomic E-state index is -1.08. The van der Waals surface area contributed by atoms with Crippen LogP contribution in [0.1, 0.15) is 31.0 Å². The van der Waals surface area contributed by atoms with Crippen molar-refractivity contribution in [2.75, 3.05) is 13.2 Å². The van der Waals surface area contributed by atoms with Gasteiger partial charge in [0.1, 0.15) is 5.75 Å². The zero-order chi connectivity index (χ0) is 24.2. The molecule has 0 radical (unpaired) electrons. The van der Waals surface area contributed by atoms with E-state index in [1.54, 1.807) is 44.2 Å². The van der Waals surface area contributed by atoms with Crippen LogP contribution in [-0.2, 0) is 14.3 Å². The van der Waals surface area contributed by atoms with Crippen LogP contribution in [0.2, 0.25) is 0 Å². The van der Waals surface area contributed by atoms with Gasteiger partial charge in [0.15, 0.2) is 11.4 Å². The number of esters is 1. The smallest absolute Gasteiger partial charge is 0.341 e. The number of thiazole rings is 1. The number of benzene rings is 2. The van der Waals surface area contributed by atoms with E-state index in [1.807, 2.05) is 30.3 Å². The van der Waals surface area contributed by atoms with Crippen molar-refractivity contribution in [2.45, 2.75) is 19.9 Å². The topological polar surface area (TPSA) is 107 Å². The van der Waals surface area contributed by atoms with Crippen molar-refractivity contribution in [2.24, 2.45) is 4.99 Å². The molecular formula is C25H22N2O6S. The van der Waals surface area contributed by atoms with Crippen molar-refractivity contribution in [3.05, 3.63) is 96.7 Å². The Hall–Kier alpha value is -3.98. The number of hydrogen-bond donors (Lipinski definition) is 1. The van der Waals surface area contributed by atoms with Crippen molar-refractivity contribution in [3.63, 3.8) is 0 Å². The van der Waals surface area contributed by atoms with Gasteiger partial charge >= 0.3 is 11.9 Å². The lowest BCUT2D eigenvalue weighted by Crippen LogP contribution is -2.39. The van der Waals surface area contributed by atoms with E-state index < -0.39 is 24.6 Å². The third-order valence-electron chi connectivity index (χ3n) is 5.15. The van der Waals surface area contributed by atoms with E-state index in [2.05, 4.69) is 4.99 Å². The maximum atomic E-state index is 13.5. The van der Waals surface area contributed by atoms with Gasteiger partial charge in [0.25, 0.3) is 5.56 Å². The average molecular weight is 479 g/mol. The first-order valence-corrected chi connectivity index (χ1v) is 11.4. The summed E-state index contributed by atoms with van der Waals surface area (Å²) in [6.45, 7) is 3.22. The van der Waals surface area contributed by atoms with Crippen molar-refractivity contribution < 1.29 is 24.2 Å². The fourth-order valence-corrected chi connectivity index (χ4v) is 4.78. The van der Waals surface area contributed by atoms with Gasteiger partial charge in [-0.15, -0.1) is 0 Å². The standard InChI is InChI=1S/C25H22N2O6S/c1-3-32-24(31)21-15(2)26-25-27(22(21)17-9-5-4-6-10-17)23(30)19(34-25)13-16-8-7-11-18(12-16)33-14-20(28)29/h4-13,22H,3,14H2,1-2H3,(H,28,29)/b19-13-/t22-/m1/s1. The van der Waals surface area contributed by atoms with Crippen molar-refractivity contribution in [1.82, 2.24) is 4.57 Å². The summed E-state index contributed by atoms with van der Waals surface area (Å²) in [5, 5.41) is 8.82. The zero-order valence-corrected chi connectivity index (χ0v) is 19.4. The number of aliphatic carboxylic acids is 1. The molecule has 2 heterocycles. The molecule has 1 aromatic heterocycles. The molecule has 1 N–H and O–H groups in total. The fraction of sp³-hybridized carbons (Fsp3) is 0.200. The van der Waals surface area contributed by atoms with Gasteiger partial charge in [-0.1, -0.05) is 53.8 Å². The van der Waals surface area contributed by atoms with Gasteiger partial charge in [0, 0.05) is 0 Å². The summed E-state index contributed by atoms with van der Waals surface area (Å²) in [5.41, 5.74) is 1.99. The zero-order valence-electron chi connectivity index (χ0n) is 18.6. The first kappa shape index (κ1) is 23.2. The van der Waals surface area contributed by atoms with Gasteiger partial charge in [-0.3, -0.25) is 9.36 Å². The molecule has 1 atom stereocenters. The molecule has 174 valence electrons. The van der Waals surface area contributed by atoms with Crippen LogP contribution in [0.5, 0.6) is 5.75 Å². The van der Waals surface area contributed by atoms with Crippen LogP contribution in [0.3, 0.4) is 0 Å². The van der Waals surface area contributed by atoms with Gasteiger partial charge < -0.3 is 14.6 Å². The Morgan fingerprint density at radius 2 is 1.94 bits per heavy atom. The number of carboxylic acid groups (broad SMARTS) is 1. The number of hydrogen-bond acceptors (Lipinski definition) is 7. The van der Waals surface area contributed by atoms with Crippen molar-refractivity contribution >= 4 is 29.4 Å². The quantitative estimate of drug-likeness (QED) is 0.522. The molecule has 1 aliphatic rings. The highest BCUT2D eigenvalue weighted by molar-refractivity contribution is 7.07. The molecule has 0 unspecified atom stereocenters. The first-order chi connectivity index (χ1) is 16.4. The number of carboxylic acids is 1. The molecule has 0 aliphatic carbocycles. The number of ether oxygens (including phenoxy) is 2. The Morgan fingerprint density at radius 1 is 1.18 bits per heavy atom. The van der Waals surface area contributed by atoms with Gasteiger partial charge in [-0.05, 0) is 43.2 Å². The van der Waals surface area contributed by atoms with E-state index in [-0.39, 0.29) is 12.2 Å². The molecule has 34 heavy (non-hydrogen) atoms. The maximum Gasteiger partial charge on any atom is 0.341 e. The summed E-state index contributed by atoms with van der Waals surface area (Å²) in [6.07, 6.45) is 1.70. The van der Waals surface area contributed by atoms with Gasteiger partial charge in [0.05, 0.1) is 28.5 Å². The molecule has 0 saturated carbocycles. The molecule has 0 saturated heterocycles. The number of aromatic nitrogens is 1. The van der Waals surface area contributed by atoms with Gasteiger partial charge in [0.2, 0.25) is 0 Å². The Balaban J connectivity index is 1.84. The lowest BCUT2D eigenvalue weighted by molar-refractivity contribution is -0.140. The van der Waals surface area contributed by atoms with E-state index >= 15 is 0 Å². The summed E-state index contributed by atoms with van der Waals surface area (Å²) < 4.78 is 12.5. The predicted octanol–water partition coefficient (Wildman–Crippen LogP) is 2.26. The number of carbonyl (C=O) groups is 2. The minimum Gasteiger partial charge on any atom is -0.482 e. The van der Waals surface area contributed by atoms with Crippen LogP contribution in [0.4, 0.5) is 0 Å². The van der Waals surface area contributed by atoms with E-state index in [4.69, 9.17) is 14.6 Å². The third kappa shape index (κ3) is 4.69. The third-order valence-corrected chi connectivity index (χ3v) is 6.13. The Labute approximate surface area is 198 Å². The first-order valence-electron chi connectivity index (χ1n) is 10.6. The van der Waals surface area contributed by atoms with Crippen LogP contribution >= 0.6 is 11.3 Å². The van der Waals surface area contributed by atoms with Gasteiger partial charge in [-0.25, -0.2) is 14.6 Å². The highest BCUT2D eigenvalue weighted by Crippen LogP contribution is 2.30. The molecule has 0 spiro atoms. The number of fused-ring (bicyclic) bond motifs is 1. The second kappa shape index (κ2) is 9.88. The SMILES string of the molecule is CCOC(=O)C1=C(C)N=c2s/c(=C\c3cccc(OCC(=O)O)c3)c(=O)n2[C@@H]1c1ccccc1. The lowest BCUT2D eigenvalue weighted by atomic mass is 9.96. The Kier molecular flexibility index (Phi) is 6.74. The number of rotatable bonds is 7. The lowest BCUT2D eigenvalue weighted by Gasteiger charge is -2.24. The second-order valence-electron chi connectivity index (χ2n) is 7.47. The molecule has 4 rings (SSSR count). The maximum absolute atomic E-state index is 13.5. The summed E-state index contributed by atoms with van der Waals surface area (Å²) >= 11 is 1.22. The average Bonchev–Trinajstić information content (AvgIpc) is 3.12. The molecule has 9 heteroatoms. The molecule has 0 bridgehead atoms. The van der Waals surface area contributed by atoms with E-state index in [9.17, 15) is 14.4 Å². The largest absolute Gasteiger partial charge is 0.482 e. The predicted molar refractivity (Wildman–Crippen MR) is 126 cm³/mol. The summed E-state index contributed by atoms with van der Waals surface area (Å²) in [4.78, 5) is 42.2. The molecule has 0 fully saturated rings. The van der Waals surface area contributed by atoms with E-state index in [0.717, 1.165) is 5.56 Å².